The van der Waals surface area contributed by atoms with Crippen LogP contribution in [0.4, 0.5) is 5.69 Å². The van der Waals surface area contributed by atoms with Gasteiger partial charge in [0.05, 0.1) is 5.69 Å². The Morgan fingerprint density at radius 3 is 2.28 bits per heavy atom. The van der Waals surface area contributed by atoms with Crippen LogP contribution < -0.4 is 4.90 Å². The van der Waals surface area contributed by atoms with E-state index >= 15 is 0 Å². The summed E-state index contributed by atoms with van der Waals surface area (Å²) >= 11 is 1.56. The molecule has 2 aromatic carbocycles. The SMILES string of the molecule is Cc1ccccc1N1C(=O)/C(=C\c2cccs2)c2ccccc2C1=O. The van der Waals surface area contributed by atoms with Crippen LogP contribution in [0.25, 0.3) is 11.6 Å². The summed E-state index contributed by atoms with van der Waals surface area (Å²) < 4.78 is 0. The number of fused-ring (bicyclic) bond motifs is 1. The molecule has 122 valence electrons. The largest absolute Gasteiger partial charge is 0.268 e. The van der Waals surface area contributed by atoms with Crippen molar-refractivity contribution in [2.24, 2.45) is 0 Å². The van der Waals surface area contributed by atoms with E-state index in [4.69, 9.17) is 0 Å². The molecule has 0 bridgehead atoms. The Hall–Kier alpha value is -2.98. The molecule has 0 fully saturated rings. The maximum atomic E-state index is 13.2. The van der Waals surface area contributed by atoms with E-state index in [1.165, 1.54) is 4.90 Å². The van der Waals surface area contributed by atoms with Gasteiger partial charge in [0, 0.05) is 21.6 Å². The quantitative estimate of drug-likeness (QED) is 0.495. The van der Waals surface area contributed by atoms with Crippen LogP contribution in [0.5, 0.6) is 0 Å². The molecule has 0 saturated heterocycles. The first-order chi connectivity index (χ1) is 12.2. The predicted molar refractivity (Wildman–Crippen MR) is 102 cm³/mol. The molecular weight excluding hydrogens is 330 g/mol. The molecule has 1 aliphatic heterocycles. The number of imide groups is 1. The molecule has 0 aliphatic carbocycles. The highest BCUT2D eigenvalue weighted by Gasteiger charge is 2.36. The molecule has 4 rings (SSSR count). The van der Waals surface area contributed by atoms with Crippen LogP contribution in [0, 0.1) is 6.92 Å². The van der Waals surface area contributed by atoms with Gasteiger partial charge in [0.15, 0.2) is 0 Å². The Balaban J connectivity index is 1.94. The molecule has 2 amide bonds. The van der Waals surface area contributed by atoms with Crippen LogP contribution in [0.1, 0.15) is 26.4 Å². The number of nitrogens with zero attached hydrogens (tertiary/aromatic N) is 1. The zero-order valence-electron chi connectivity index (χ0n) is 13.6. The van der Waals surface area contributed by atoms with Gasteiger partial charge < -0.3 is 0 Å². The highest BCUT2D eigenvalue weighted by Crippen LogP contribution is 2.34. The molecule has 2 heterocycles. The second kappa shape index (κ2) is 6.15. The minimum absolute atomic E-state index is 0.279. The summed E-state index contributed by atoms with van der Waals surface area (Å²) in [5, 5.41) is 1.97. The zero-order chi connectivity index (χ0) is 17.4. The third kappa shape index (κ3) is 2.61. The highest BCUT2D eigenvalue weighted by atomic mass is 32.1. The first-order valence-electron chi connectivity index (χ1n) is 7.96. The van der Waals surface area contributed by atoms with E-state index in [1.807, 2.05) is 73.0 Å². The molecule has 0 atom stereocenters. The van der Waals surface area contributed by atoms with E-state index in [9.17, 15) is 9.59 Å². The van der Waals surface area contributed by atoms with E-state index < -0.39 is 0 Å². The lowest BCUT2D eigenvalue weighted by atomic mass is 9.92. The fraction of sp³-hybridized carbons (Fsp3) is 0.0476. The van der Waals surface area contributed by atoms with Crippen molar-refractivity contribution >= 4 is 40.5 Å². The fourth-order valence-electron chi connectivity index (χ4n) is 3.04. The van der Waals surface area contributed by atoms with E-state index in [1.54, 1.807) is 17.4 Å². The van der Waals surface area contributed by atoms with Crippen LogP contribution in [-0.2, 0) is 4.79 Å². The number of carbonyl (C=O) groups is 2. The molecule has 1 aromatic heterocycles. The van der Waals surface area contributed by atoms with Crippen molar-refractivity contribution in [3.63, 3.8) is 0 Å². The monoisotopic (exact) mass is 345 g/mol. The van der Waals surface area contributed by atoms with Gasteiger partial charge in [-0.25, -0.2) is 4.90 Å². The first-order valence-corrected chi connectivity index (χ1v) is 8.84. The summed E-state index contributed by atoms with van der Waals surface area (Å²) in [7, 11) is 0. The molecule has 0 radical (unpaired) electrons. The van der Waals surface area contributed by atoms with Crippen molar-refractivity contribution in [3.05, 3.63) is 87.6 Å². The number of thiophene rings is 1. The molecule has 0 saturated carbocycles. The Labute approximate surface area is 149 Å². The number of anilines is 1. The van der Waals surface area contributed by atoms with E-state index in [2.05, 4.69) is 0 Å². The highest BCUT2D eigenvalue weighted by molar-refractivity contribution is 7.11. The minimum Gasteiger partial charge on any atom is -0.268 e. The van der Waals surface area contributed by atoms with Gasteiger partial charge in [-0.1, -0.05) is 42.5 Å². The van der Waals surface area contributed by atoms with Gasteiger partial charge in [0.25, 0.3) is 11.8 Å². The molecular formula is C21H15NO2S. The number of benzene rings is 2. The Morgan fingerprint density at radius 2 is 1.56 bits per heavy atom. The number of amides is 2. The van der Waals surface area contributed by atoms with Gasteiger partial charge in [-0.15, -0.1) is 11.3 Å². The van der Waals surface area contributed by atoms with Crippen LogP contribution in [0.15, 0.2) is 66.0 Å². The molecule has 0 spiro atoms. The number of hydrogen-bond donors (Lipinski definition) is 0. The standard InChI is InChI=1S/C21H15NO2S/c1-14-7-2-5-11-19(14)22-20(23)17-10-4-3-9-16(17)18(21(22)24)13-15-8-6-12-25-15/h2-13H,1H3/b18-13-. The average Bonchev–Trinajstić information content (AvgIpc) is 3.13. The van der Waals surface area contributed by atoms with E-state index in [0.717, 1.165) is 10.4 Å². The van der Waals surface area contributed by atoms with Crippen molar-refractivity contribution in [2.75, 3.05) is 4.90 Å². The van der Waals surface area contributed by atoms with Crippen LogP contribution in [0.3, 0.4) is 0 Å². The van der Waals surface area contributed by atoms with E-state index in [-0.39, 0.29) is 11.8 Å². The summed E-state index contributed by atoms with van der Waals surface area (Å²) in [6, 6.07) is 18.6. The number of para-hydroxylation sites is 1. The first kappa shape index (κ1) is 15.5. The average molecular weight is 345 g/mol. The number of aryl methyl sites for hydroxylation is 1. The smallest absolute Gasteiger partial charge is 0.266 e. The predicted octanol–water partition coefficient (Wildman–Crippen LogP) is 4.78. The minimum atomic E-state index is -0.286. The van der Waals surface area contributed by atoms with Crippen molar-refractivity contribution < 1.29 is 9.59 Å². The summed E-state index contributed by atoms with van der Waals surface area (Å²) in [4.78, 5) is 28.5. The lowest BCUT2D eigenvalue weighted by Gasteiger charge is -2.29. The van der Waals surface area contributed by atoms with Gasteiger partial charge >= 0.3 is 0 Å². The summed E-state index contributed by atoms with van der Waals surface area (Å²) in [6.07, 6.45) is 1.86. The van der Waals surface area contributed by atoms with Crippen LogP contribution in [0.2, 0.25) is 0 Å². The molecule has 0 N–H and O–H groups in total. The fourth-order valence-corrected chi connectivity index (χ4v) is 3.70. The maximum absolute atomic E-state index is 13.2. The van der Waals surface area contributed by atoms with Crippen molar-refractivity contribution in [1.82, 2.24) is 0 Å². The molecule has 1 aliphatic rings. The van der Waals surface area contributed by atoms with Gasteiger partial charge in [-0.3, -0.25) is 9.59 Å². The number of hydrogen-bond acceptors (Lipinski definition) is 3. The van der Waals surface area contributed by atoms with Crippen molar-refractivity contribution in [3.8, 4) is 0 Å². The second-order valence-electron chi connectivity index (χ2n) is 5.85. The Kier molecular flexibility index (Phi) is 3.82. The number of rotatable bonds is 2. The Bertz CT molecular complexity index is 1000. The molecule has 3 nitrogen and oxygen atoms in total. The summed E-state index contributed by atoms with van der Waals surface area (Å²) in [5.74, 6) is -0.565. The van der Waals surface area contributed by atoms with Crippen LogP contribution >= 0.6 is 11.3 Å². The maximum Gasteiger partial charge on any atom is 0.266 e. The topological polar surface area (TPSA) is 37.4 Å². The molecule has 4 heteroatoms. The number of carbonyl (C=O) groups excluding carboxylic acids is 2. The second-order valence-corrected chi connectivity index (χ2v) is 6.83. The summed E-state index contributed by atoms with van der Waals surface area (Å²) in [5.41, 5.74) is 3.30. The lowest BCUT2D eigenvalue weighted by molar-refractivity contribution is -0.112. The lowest BCUT2D eigenvalue weighted by Crippen LogP contribution is -2.42. The van der Waals surface area contributed by atoms with Crippen molar-refractivity contribution in [1.29, 1.82) is 0 Å². The van der Waals surface area contributed by atoms with Crippen LogP contribution in [-0.4, -0.2) is 11.8 Å². The van der Waals surface area contributed by atoms with Gasteiger partial charge in [0.2, 0.25) is 0 Å². The third-order valence-electron chi connectivity index (χ3n) is 4.27. The van der Waals surface area contributed by atoms with E-state index in [0.29, 0.717) is 22.4 Å². The summed E-state index contributed by atoms with van der Waals surface area (Å²) in [6.45, 7) is 1.90. The van der Waals surface area contributed by atoms with Gasteiger partial charge in [-0.2, -0.15) is 0 Å². The normalized spacial score (nSPS) is 15.6. The molecule has 0 unspecified atom stereocenters. The molecule has 3 aromatic rings. The van der Waals surface area contributed by atoms with Gasteiger partial charge in [0.1, 0.15) is 0 Å². The Morgan fingerprint density at radius 1 is 0.840 bits per heavy atom. The van der Waals surface area contributed by atoms with Crippen molar-refractivity contribution in [2.45, 2.75) is 6.92 Å². The van der Waals surface area contributed by atoms with Gasteiger partial charge in [-0.05, 0) is 42.1 Å². The zero-order valence-corrected chi connectivity index (χ0v) is 14.4. The molecule has 25 heavy (non-hydrogen) atoms. The third-order valence-corrected chi connectivity index (χ3v) is 5.09.